The van der Waals surface area contributed by atoms with Crippen LogP contribution in [0.15, 0.2) is 10.5 Å². The number of aromatic nitrogens is 2. The molecule has 0 aromatic carbocycles. The third-order valence-electron chi connectivity index (χ3n) is 2.23. The third kappa shape index (κ3) is 2.65. The van der Waals surface area contributed by atoms with E-state index in [-0.39, 0.29) is 5.82 Å². The number of nitrogens with zero attached hydrogens (tertiary/aromatic N) is 2. The summed E-state index contributed by atoms with van der Waals surface area (Å²) in [6.07, 6.45) is 0. The van der Waals surface area contributed by atoms with Crippen LogP contribution in [0.2, 0.25) is 4.34 Å². The molecule has 2 aromatic heterocycles. The average Bonchev–Trinajstić information content (AvgIpc) is 2.65. The minimum atomic E-state index is -0.415. The van der Waals surface area contributed by atoms with Gasteiger partial charge >= 0.3 is 0 Å². The Morgan fingerprint density at radius 2 is 2.22 bits per heavy atom. The summed E-state index contributed by atoms with van der Waals surface area (Å²) < 4.78 is 15.2. The van der Waals surface area contributed by atoms with Crippen molar-refractivity contribution in [2.45, 2.75) is 13.8 Å². The van der Waals surface area contributed by atoms with Crippen molar-refractivity contribution in [1.82, 2.24) is 9.97 Å². The zero-order valence-electron chi connectivity index (χ0n) is 9.72. The maximum atomic E-state index is 13.7. The molecular formula is C11H10BrClFN3S. The minimum absolute atomic E-state index is 0.223. The maximum Gasteiger partial charge on any atom is 0.186 e. The first-order valence-electron chi connectivity index (χ1n) is 5.26. The standard InChI is InChI=1S/C11H10BrClFN3S/c1-3-15-11-8(14)5(2)16-10(17-11)7-4-6(12)9(13)18-7/h4H,3H2,1-2H3,(H,15,16,17). The fourth-order valence-electron chi connectivity index (χ4n) is 1.41. The Hall–Kier alpha value is -0.720. The van der Waals surface area contributed by atoms with Crippen LogP contribution in [0.5, 0.6) is 0 Å². The van der Waals surface area contributed by atoms with E-state index in [1.165, 1.54) is 11.3 Å². The molecule has 0 aliphatic heterocycles. The zero-order valence-corrected chi connectivity index (χ0v) is 12.9. The van der Waals surface area contributed by atoms with Crippen LogP contribution in [-0.4, -0.2) is 16.5 Å². The Labute approximate surface area is 122 Å². The average molecular weight is 351 g/mol. The summed E-state index contributed by atoms with van der Waals surface area (Å²) >= 11 is 10.7. The summed E-state index contributed by atoms with van der Waals surface area (Å²) in [6.45, 7) is 4.10. The number of hydrogen-bond acceptors (Lipinski definition) is 4. The summed E-state index contributed by atoms with van der Waals surface area (Å²) in [5, 5.41) is 2.88. The van der Waals surface area contributed by atoms with E-state index in [1.807, 2.05) is 13.0 Å². The molecule has 0 aliphatic rings. The normalized spacial score (nSPS) is 10.7. The van der Waals surface area contributed by atoms with E-state index in [2.05, 4.69) is 31.2 Å². The second-order valence-corrected chi connectivity index (χ2v) is 6.07. The van der Waals surface area contributed by atoms with Gasteiger partial charge in [-0.1, -0.05) is 11.6 Å². The number of halogens is 3. The van der Waals surface area contributed by atoms with Crippen LogP contribution in [-0.2, 0) is 0 Å². The van der Waals surface area contributed by atoms with Crippen LogP contribution in [0.1, 0.15) is 12.6 Å². The van der Waals surface area contributed by atoms with Gasteiger partial charge in [-0.25, -0.2) is 14.4 Å². The topological polar surface area (TPSA) is 37.8 Å². The fraction of sp³-hybridized carbons (Fsp3) is 0.273. The number of thiophene rings is 1. The Morgan fingerprint density at radius 3 is 2.78 bits per heavy atom. The Morgan fingerprint density at radius 1 is 1.50 bits per heavy atom. The molecule has 2 heterocycles. The lowest BCUT2D eigenvalue weighted by atomic mass is 10.3. The van der Waals surface area contributed by atoms with Gasteiger partial charge in [0.15, 0.2) is 17.5 Å². The smallest absolute Gasteiger partial charge is 0.186 e. The van der Waals surface area contributed by atoms with Crippen molar-refractivity contribution in [3.05, 3.63) is 26.4 Å². The van der Waals surface area contributed by atoms with Gasteiger partial charge in [-0.2, -0.15) is 0 Å². The molecule has 7 heteroatoms. The summed E-state index contributed by atoms with van der Waals surface area (Å²) in [7, 11) is 0. The number of aryl methyl sites for hydroxylation is 1. The first kappa shape index (κ1) is 13.7. The molecule has 96 valence electrons. The predicted octanol–water partition coefficient (Wildman–Crippen LogP) is 4.50. The number of anilines is 1. The molecule has 0 fully saturated rings. The van der Waals surface area contributed by atoms with Crippen molar-refractivity contribution < 1.29 is 4.39 Å². The summed E-state index contributed by atoms with van der Waals surface area (Å²) in [5.74, 6) is 0.283. The highest BCUT2D eigenvalue weighted by molar-refractivity contribution is 9.10. The van der Waals surface area contributed by atoms with Crippen LogP contribution in [0.3, 0.4) is 0 Å². The van der Waals surface area contributed by atoms with E-state index in [0.717, 1.165) is 9.35 Å². The van der Waals surface area contributed by atoms with E-state index in [0.29, 0.717) is 22.4 Å². The molecule has 0 amide bonds. The zero-order chi connectivity index (χ0) is 13.3. The SMILES string of the molecule is CCNc1nc(-c2cc(Br)c(Cl)s2)nc(C)c1F. The number of nitrogens with one attached hydrogen (secondary N) is 1. The molecule has 0 saturated carbocycles. The van der Waals surface area contributed by atoms with Crippen molar-refractivity contribution in [2.24, 2.45) is 0 Å². The van der Waals surface area contributed by atoms with Gasteiger partial charge in [0.05, 0.1) is 10.6 Å². The van der Waals surface area contributed by atoms with Crippen molar-refractivity contribution in [1.29, 1.82) is 0 Å². The van der Waals surface area contributed by atoms with Crippen molar-refractivity contribution in [3.8, 4) is 10.7 Å². The lowest BCUT2D eigenvalue weighted by Crippen LogP contribution is -2.06. The molecule has 3 nitrogen and oxygen atoms in total. The molecule has 0 atom stereocenters. The van der Waals surface area contributed by atoms with Crippen molar-refractivity contribution in [3.63, 3.8) is 0 Å². The first-order valence-corrected chi connectivity index (χ1v) is 7.25. The maximum absolute atomic E-state index is 13.7. The molecule has 0 unspecified atom stereocenters. The summed E-state index contributed by atoms with van der Waals surface area (Å²) in [6, 6.07) is 1.83. The van der Waals surface area contributed by atoms with Crippen molar-refractivity contribution >= 4 is 44.7 Å². The van der Waals surface area contributed by atoms with Crippen LogP contribution >= 0.6 is 38.9 Å². The van der Waals surface area contributed by atoms with Gasteiger partial charge in [0, 0.05) is 11.0 Å². The lowest BCUT2D eigenvalue weighted by Gasteiger charge is -2.07. The molecule has 18 heavy (non-hydrogen) atoms. The molecule has 1 N–H and O–H groups in total. The Bertz CT molecular complexity index is 568. The Balaban J connectivity index is 2.51. The monoisotopic (exact) mass is 349 g/mol. The minimum Gasteiger partial charge on any atom is -0.368 e. The van der Waals surface area contributed by atoms with Gasteiger partial charge in [0.1, 0.15) is 4.34 Å². The molecule has 0 aliphatic carbocycles. The third-order valence-corrected chi connectivity index (χ3v) is 4.70. The molecule has 2 rings (SSSR count). The van der Waals surface area contributed by atoms with Crippen LogP contribution in [0.4, 0.5) is 10.2 Å². The molecular weight excluding hydrogens is 341 g/mol. The number of hydrogen-bond donors (Lipinski definition) is 1. The first-order chi connectivity index (χ1) is 8.52. The summed E-state index contributed by atoms with van der Waals surface area (Å²) in [5.41, 5.74) is 0.316. The quantitative estimate of drug-likeness (QED) is 0.885. The van der Waals surface area contributed by atoms with Gasteiger partial charge in [0.25, 0.3) is 0 Å². The van der Waals surface area contributed by atoms with E-state index in [1.54, 1.807) is 6.92 Å². The van der Waals surface area contributed by atoms with E-state index in [9.17, 15) is 4.39 Å². The van der Waals surface area contributed by atoms with Crippen LogP contribution in [0, 0.1) is 12.7 Å². The van der Waals surface area contributed by atoms with Gasteiger partial charge in [-0.15, -0.1) is 11.3 Å². The predicted molar refractivity (Wildman–Crippen MR) is 76.9 cm³/mol. The molecule has 0 saturated heterocycles. The molecule has 0 bridgehead atoms. The van der Waals surface area contributed by atoms with E-state index in [4.69, 9.17) is 11.6 Å². The van der Waals surface area contributed by atoms with Gasteiger partial charge in [0.2, 0.25) is 0 Å². The molecule has 0 radical (unpaired) electrons. The van der Waals surface area contributed by atoms with Gasteiger partial charge < -0.3 is 5.32 Å². The van der Waals surface area contributed by atoms with Crippen molar-refractivity contribution in [2.75, 3.05) is 11.9 Å². The van der Waals surface area contributed by atoms with Gasteiger partial charge in [-0.3, -0.25) is 0 Å². The highest BCUT2D eigenvalue weighted by Crippen LogP contribution is 2.37. The van der Waals surface area contributed by atoms with Crippen LogP contribution < -0.4 is 5.32 Å². The molecule has 2 aromatic rings. The van der Waals surface area contributed by atoms with Gasteiger partial charge in [-0.05, 0) is 35.8 Å². The highest BCUT2D eigenvalue weighted by atomic mass is 79.9. The van der Waals surface area contributed by atoms with E-state index >= 15 is 0 Å². The molecule has 0 spiro atoms. The van der Waals surface area contributed by atoms with E-state index < -0.39 is 5.82 Å². The Kier molecular flexibility index (Phi) is 4.19. The second-order valence-electron chi connectivity index (χ2n) is 3.56. The summed E-state index contributed by atoms with van der Waals surface area (Å²) in [4.78, 5) is 9.13. The largest absolute Gasteiger partial charge is 0.368 e. The highest BCUT2D eigenvalue weighted by Gasteiger charge is 2.14. The number of rotatable bonds is 3. The second kappa shape index (κ2) is 5.50. The fourth-order valence-corrected chi connectivity index (χ4v) is 3.05. The lowest BCUT2D eigenvalue weighted by molar-refractivity contribution is 0.606. The van der Waals surface area contributed by atoms with Crippen LogP contribution in [0.25, 0.3) is 10.7 Å².